The number of hydrogen-bond donors (Lipinski definition) is 1. The Balaban J connectivity index is 1.27. The second-order valence-electron chi connectivity index (χ2n) is 7.42. The molecule has 0 aliphatic carbocycles. The summed E-state index contributed by atoms with van der Waals surface area (Å²) in [5.41, 5.74) is 0.878. The van der Waals surface area contributed by atoms with Gasteiger partial charge in [0.2, 0.25) is 0 Å². The molecule has 3 aromatic heterocycles. The predicted octanol–water partition coefficient (Wildman–Crippen LogP) is 2.54. The molecule has 0 spiro atoms. The van der Waals surface area contributed by atoms with Crippen molar-refractivity contribution in [2.45, 2.75) is 25.5 Å². The van der Waals surface area contributed by atoms with Gasteiger partial charge in [-0.2, -0.15) is 0 Å². The van der Waals surface area contributed by atoms with E-state index in [-0.39, 0.29) is 17.6 Å². The number of amides is 1. The molecule has 2 aliphatic rings. The van der Waals surface area contributed by atoms with Crippen LogP contribution in [-0.2, 0) is 16.1 Å². The SMILES string of the molecule is O=C([C@H]1CCCO1)N1CCN(Cc2nc3scc(-c4cccs4)c3c(=O)[nH]2)CC1. The van der Waals surface area contributed by atoms with Gasteiger partial charge in [0.15, 0.2) is 0 Å². The summed E-state index contributed by atoms with van der Waals surface area (Å²) in [4.78, 5) is 38.9. The highest BCUT2D eigenvalue weighted by Gasteiger charge is 2.30. The van der Waals surface area contributed by atoms with Crippen molar-refractivity contribution in [1.82, 2.24) is 19.8 Å². The summed E-state index contributed by atoms with van der Waals surface area (Å²) in [6.07, 6.45) is 1.55. The lowest BCUT2D eigenvalue weighted by molar-refractivity contribution is -0.142. The molecule has 3 aromatic rings. The lowest BCUT2D eigenvalue weighted by Gasteiger charge is -2.35. The maximum atomic E-state index is 12.7. The quantitative estimate of drug-likeness (QED) is 0.688. The third-order valence-electron chi connectivity index (χ3n) is 5.54. The number of aromatic amines is 1. The molecule has 0 unspecified atom stereocenters. The molecular weight excluding hydrogens is 408 g/mol. The van der Waals surface area contributed by atoms with Crippen molar-refractivity contribution in [2.24, 2.45) is 0 Å². The molecule has 5 heterocycles. The molecule has 0 aromatic carbocycles. The van der Waals surface area contributed by atoms with E-state index in [0.29, 0.717) is 37.5 Å². The molecule has 0 radical (unpaired) electrons. The van der Waals surface area contributed by atoms with E-state index < -0.39 is 0 Å². The normalized spacial score (nSPS) is 20.6. The first kappa shape index (κ1) is 18.9. The molecule has 9 heteroatoms. The molecule has 152 valence electrons. The Morgan fingerprint density at radius 3 is 2.86 bits per heavy atom. The summed E-state index contributed by atoms with van der Waals surface area (Å²) < 4.78 is 5.52. The summed E-state index contributed by atoms with van der Waals surface area (Å²) in [5.74, 6) is 0.802. The Morgan fingerprint density at radius 2 is 2.14 bits per heavy atom. The highest BCUT2D eigenvalue weighted by atomic mass is 32.1. The molecule has 1 N–H and O–H groups in total. The minimum Gasteiger partial charge on any atom is -0.368 e. The van der Waals surface area contributed by atoms with Crippen LogP contribution in [0.4, 0.5) is 0 Å². The fourth-order valence-corrected chi connectivity index (χ4v) is 5.78. The number of fused-ring (bicyclic) bond motifs is 1. The minimum atomic E-state index is -0.252. The van der Waals surface area contributed by atoms with E-state index in [0.717, 1.165) is 41.2 Å². The van der Waals surface area contributed by atoms with Gasteiger partial charge in [0.05, 0.1) is 11.9 Å². The number of ether oxygens (including phenoxy) is 1. The van der Waals surface area contributed by atoms with Crippen LogP contribution in [0, 0.1) is 0 Å². The van der Waals surface area contributed by atoms with E-state index in [9.17, 15) is 9.59 Å². The average Bonchev–Trinajstić information content (AvgIpc) is 3.48. The van der Waals surface area contributed by atoms with E-state index >= 15 is 0 Å². The number of carbonyl (C=O) groups excluding carboxylic acids is 1. The minimum absolute atomic E-state index is 0.0816. The Bertz CT molecular complexity index is 1060. The van der Waals surface area contributed by atoms with Crippen LogP contribution in [0.5, 0.6) is 0 Å². The van der Waals surface area contributed by atoms with Crippen molar-refractivity contribution in [3.8, 4) is 10.4 Å². The summed E-state index contributed by atoms with van der Waals surface area (Å²) in [7, 11) is 0. The van der Waals surface area contributed by atoms with Crippen molar-refractivity contribution in [2.75, 3.05) is 32.8 Å². The first-order valence-corrected chi connectivity index (χ1v) is 11.6. The fourth-order valence-electron chi connectivity index (χ4n) is 4.00. The van der Waals surface area contributed by atoms with E-state index in [4.69, 9.17) is 9.72 Å². The molecule has 5 rings (SSSR count). The van der Waals surface area contributed by atoms with Gasteiger partial charge in [-0.05, 0) is 24.3 Å². The van der Waals surface area contributed by atoms with Gasteiger partial charge in [0.25, 0.3) is 11.5 Å². The lowest BCUT2D eigenvalue weighted by atomic mass is 10.2. The molecule has 1 atom stereocenters. The number of H-pyrrole nitrogens is 1. The molecule has 7 nitrogen and oxygen atoms in total. The number of thiophene rings is 2. The smallest absolute Gasteiger partial charge is 0.260 e. The molecule has 2 fully saturated rings. The van der Waals surface area contributed by atoms with Gasteiger partial charge >= 0.3 is 0 Å². The maximum absolute atomic E-state index is 12.7. The number of carbonyl (C=O) groups is 1. The van der Waals surface area contributed by atoms with E-state index in [1.807, 2.05) is 27.8 Å². The zero-order chi connectivity index (χ0) is 19.8. The van der Waals surface area contributed by atoms with E-state index in [1.54, 1.807) is 11.3 Å². The molecule has 2 saturated heterocycles. The third kappa shape index (κ3) is 3.75. The Hall–Kier alpha value is -2.07. The molecule has 1 amide bonds. The Labute approximate surface area is 175 Å². The maximum Gasteiger partial charge on any atom is 0.260 e. The number of piperazine rings is 1. The number of hydrogen-bond acceptors (Lipinski definition) is 7. The highest BCUT2D eigenvalue weighted by molar-refractivity contribution is 7.18. The molecule has 0 bridgehead atoms. The van der Waals surface area contributed by atoms with E-state index in [1.165, 1.54) is 11.3 Å². The van der Waals surface area contributed by atoms with Crippen LogP contribution in [0.15, 0.2) is 27.7 Å². The fraction of sp³-hybridized carbons (Fsp3) is 0.450. The monoisotopic (exact) mass is 430 g/mol. The average molecular weight is 431 g/mol. The number of aromatic nitrogens is 2. The van der Waals surface area contributed by atoms with Crippen LogP contribution in [0.1, 0.15) is 18.7 Å². The van der Waals surface area contributed by atoms with Crippen LogP contribution < -0.4 is 5.56 Å². The topological polar surface area (TPSA) is 78.5 Å². The van der Waals surface area contributed by atoms with Gasteiger partial charge < -0.3 is 14.6 Å². The first-order valence-electron chi connectivity index (χ1n) is 9.86. The number of nitrogens with one attached hydrogen (secondary N) is 1. The van der Waals surface area contributed by atoms with Crippen molar-refractivity contribution in [3.63, 3.8) is 0 Å². The molecule has 29 heavy (non-hydrogen) atoms. The second-order valence-corrected chi connectivity index (χ2v) is 9.23. The van der Waals surface area contributed by atoms with Gasteiger partial charge in [-0.3, -0.25) is 14.5 Å². The van der Waals surface area contributed by atoms with Crippen LogP contribution in [-0.4, -0.2) is 64.6 Å². The van der Waals surface area contributed by atoms with Crippen LogP contribution in [0.3, 0.4) is 0 Å². The molecular formula is C20H22N4O3S2. The Kier molecular flexibility index (Phi) is 5.21. The zero-order valence-electron chi connectivity index (χ0n) is 15.9. The summed E-state index contributed by atoms with van der Waals surface area (Å²) >= 11 is 3.14. The van der Waals surface area contributed by atoms with Crippen LogP contribution in [0.25, 0.3) is 20.7 Å². The standard InChI is InChI=1S/C20H22N4O3S2/c25-18-17-13(15-4-2-10-28-15)12-29-19(17)22-16(21-18)11-23-5-7-24(8-6-23)20(26)14-3-1-9-27-14/h2,4,10,12,14H,1,3,5-9,11H2,(H,21,22,25)/t14-/m1/s1. The van der Waals surface area contributed by atoms with Crippen molar-refractivity contribution >= 4 is 38.8 Å². The van der Waals surface area contributed by atoms with Gasteiger partial charge in [-0.15, -0.1) is 22.7 Å². The van der Waals surface area contributed by atoms with E-state index in [2.05, 4.69) is 9.88 Å². The Morgan fingerprint density at radius 1 is 1.28 bits per heavy atom. The van der Waals surface area contributed by atoms with Crippen molar-refractivity contribution in [1.29, 1.82) is 0 Å². The van der Waals surface area contributed by atoms with Gasteiger partial charge in [0.1, 0.15) is 16.8 Å². The first-order chi connectivity index (χ1) is 14.2. The van der Waals surface area contributed by atoms with Gasteiger partial charge in [0, 0.05) is 48.6 Å². The summed E-state index contributed by atoms with van der Waals surface area (Å²) in [5, 5.41) is 4.70. The van der Waals surface area contributed by atoms with Gasteiger partial charge in [-0.25, -0.2) is 4.98 Å². The summed E-state index contributed by atoms with van der Waals surface area (Å²) in [6, 6.07) is 4.01. The number of rotatable bonds is 4. The van der Waals surface area contributed by atoms with Crippen molar-refractivity contribution < 1.29 is 9.53 Å². The zero-order valence-corrected chi connectivity index (χ0v) is 17.6. The molecule has 0 saturated carbocycles. The summed E-state index contributed by atoms with van der Waals surface area (Å²) in [6.45, 7) is 4.18. The van der Waals surface area contributed by atoms with Crippen LogP contribution >= 0.6 is 22.7 Å². The largest absolute Gasteiger partial charge is 0.368 e. The molecule has 2 aliphatic heterocycles. The van der Waals surface area contributed by atoms with Crippen LogP contribution in [0.2, 0.25) is 0 Å². The second kappa shape index (κ2) is 7.98. The number of nitrogens with zero attached hydrogens (tertiary/aromatic N) is 3. The highest BCUT2D eigenvalue weighted by Crippen LogP contribution is 2.33. The van der Waals surface area contributed by atoms with Crippen molar-refractivity contribution in [3.05, 3.63) is 39.1 Å². The lowest BCUT2D eigenvalue weighted by Crippen LogP contribution is -2.51. The van der Waals surface area contributed by atoms with Gasteiger partial charge in [-0.1, -0.05) is 6.07 Å². The predicted molar refractivity (Wildman–Crippen MR) is 114 cm³/mol. The third-order valence-corrected chi connectivity index (χ3v) is 7.32.